The Morgan fingerprint density at radius 2 is 2.50 bits per heavy atom. The van der Waals surface area contributed by atoms with Gasteiger partial charge in [-0.3, -0.25) is 4.90 Å². The van der Waals surface area contributed by atoms with Crippen LogP contribution in [0.1, 0.15) is 12.2 Å². The Balaban J connectivity index is 1.83. The molecule has 1 aromatic rings. The average molecular weight is 220 g/mol. The summed E-state index contributed by atoms with van der Waals surface area (Å²) in [6.07, 6.45) is 2.62. The third kappa shape index (κ3) is 2.38. The molecule has 0 aromatic carbocycles. The fraction of sp³-hybridized carbons (Fsp3) is 0.700. The summed E-state index contributed by atoms with van der Waals surface area (Å²) < 4.78 is 2.08. The first-order valence-corrected chi connectivity index (χ1v) is 5.49. The van der Waals surface area contributed by atoms with Gasteiger partial charge in [0.25, 0.3) is 0 Å². The molecule has 0 saturated heterocycles. The summed E-state index contributed by atoms with van der Waals surface area (Å²) in [6.45, 7) is 3.71. The highest BCUT2D eigenvalue weighted by Crippen LogP contribution is 2.09. The van der Waals surface area contributed by atoms with Crippen molar-refractivity contribution in [3.63, 3.8) is 0 Å². The second-order valence-electron chi connectivity index (χ2n) is 3.98. The fourth-order valence-corrected chi connectivity index (χ4v) is 1.89. The Morgan fingerprint density at radius 3 is 3.25 bits per heavy atom. The zero-order valence-electron chi connectivity index (χ0n) is 9.43. The zero-order chi connectivity index (χ0) is 11.4. The van der Waals surface area contributed by atoms with Crippen molar-refractivity contribution in [1.29, 1.82) is 5.26 Å². The zero-order valence-corrected chi connectivity index (χ0v) is 9.43. The average Bonchev–Trinajstić information content (AvgIpc) is 2.77. The smallest absolute Gasteiger partial charge is 0.147 e. The van der Waals surface area contributed by atoms with E-state index in [0.29, 0.717) is 0 Å². The molecule has 0 fully saturated rings. The van der Waals surface area contributed by atoms with Crippen LogP contribution in [0.2, 0.25) is 0 Å². The number of nitriles is 1. The van der Waals surface area contributed by atoms with Crippen LogP contribution in [-0.2, 0) is 13.1 Å². The molecule has 0 aliphatic carbocycles. The van der Waals surface area contributed by atoms with Crippen molar-refractivity contribution in [3.05, 3.63) is 12.2 Å². The maximum atomic E-state index is 8.82. The maximum Gasteiger partial charge on any atom is 0.147 e. The first-order valence-electron chi connectivity index (χ1n) is 5.49. The molecule has 2 rings (SSSR count). The van der Waals surface area contributed by atoms with Crippen LogP contribution >= 0.6 is 0 Å². The van der Waals surface area contributed by atoms with E-state index in [1.54, 1.807) is 6.33 Å². The van der Waals surface area contributed by atoms with E-state index in [1.165, 1.54) is 0 Å². The summed E-state index contributed by atoms with van der Waals surface area (Å²) in [5, 5.41) is 19.8. The van der Waals surface area contributed by atoms with Crippen LogP contribution in [0.5, 0.6) is 0 Å². The van der Waals surface area contributed by atoms with Gasteiger partial charge in [-0.2, -0.15) is 5.26 Å². The molecule has 0 radical (unpaired) electrons. The molecule has 0 amide bonds. The number of hydrogen-bond acceptors (Lipinski definition) is 5. The lowest BCUT2D eigenvalue weighted by atomic mass is 10.2. The maximum absolute atomic E-state index is 8.82. The van der Waals surface area contributed by atoms with Gasteiger partial charge in [-0.05, 0) is 13.5 Å². The highest BCUT2D eigenvalue weighted by molar-refractivity contribution is 4.92. The Kier molecular flexibility index (Phi) is 3.49. The van der Waals surface area contributed by atoms with Gasteiger partial charge in [-0.1, -0.05) is 0 Å². The van der Waals surface area contributed by atoms with E-state index in [1.807, 2.05) is 7.05 Å². The highest BCUT2D eigenvalue weighted by Gasteiger charge is 2.17. The SMILES string of the molecule is CNC(C#N)CCN1CCn2cnnc2C1. The lowest BCUT2D eigenvalue weighted by molar-refractivity contribution is 0.211. The van der Waals surface area contributed by atoms with E-state index in [2.05, 4.69) is 31.1 Å². The first-order chi connectivity index (χ1) is 7.83. The van der Waals surface area contributed by atoms with Gasteiger partial charge < -0.3 is 9.88 Å². The number of hydrogen-bond donors (Lipinski definition) is 1. The van der Waals surface area contributed by atoms with Crippen molar-refractivity contribution >= 4 is 0 Å². The quantitative estimate of drug-likeness (QED) is 0.747. The molecule has 2 heterocycles. The molecule has 1 aliphatic rings. The summed E-state index contributed by atoms with van der Waals surface area (Å²) in [4.78, 5) is 2.31. The van der Waals surface area contributed by atoms with E-state index in [4.69, 9.17) is 5.26 Å². The first kappa shape index (κ1) is 11.0. The van der Waals surface area contributed by atoms with Gasteiger partial charge in [0.05, 0.1) is 18.7 Å². The van der Waals surface area contributed by atoms with Crippen molar-refractivity contribution in [2.45, 2.75) is 25.6 Å². The van der Waals surface area contributed by atoms with Crippen LogP contribution in [0.25, 0.3) is 0 Å². The van der Waals surface area contributed by atoms with Crippen LogP contribution in [-0.4, -0.2) is 45.8 Å². The van der Waals surface area contributed by atoms with Crippen LogP contribution in [0.15, 0.2) is 6.33 Å². The second-order valence-corrected chi connectivity index (χ2v) is 3.98. The summed E-state index contributed by atoms with van der Waals surface area (Å²) >= 11 is 0. The number of nitrogens with one attached hydrogen (secondary N) is 1. The number of aromatic nitrogens is 3. The summed E-state index contributed by atoms with van der Waals surface area (Å²) in [6, 6.07) is 2.18. The molecule has 6 heteroatoms. The Bertz CT molecular complexity index is 379. The predicted octanol–water partition coefficient (Wildman–Crippen LogP) is -0.405. The van der Waals surface area contributed by atoms with Gasteiger partial charge in [0.2, 0.25) is 0 Å². The molecule has 1 atom stereocenters. The monoisotopic (exact) mass is 220 g/mol. The highest BCUT2D eigenvalue weighted by atomic mass is 15.3. The van der Waals surface area contributed by atoms with Crippen LogP contribution in [0, 0.1) is 11.3 Å². The van der Waals surface area contributed by atoms with E-state index in [0.717, 1.165) is 38.4 Å². The topological polar surface area (TPSA) is 69.8 Å². The molecular weight excluding hydrogens is 204 g/mol. The molecule has 0 spiro atoms. The molecule has 1 aliphatic heterocycles. The number of rotatable bonds is 4. The summed E-state index contributed by atoms with van der Waals surface area (Å²) in [7, 11) is 1.82. The van der Waals surface area contributed by atoms with Crippen molar-refractivity contribution in [2.75, 3.05) is 20.1 Å². The van der Waals surface area contributed by atoms with E-state index in [9.17, 15) is 0 Å². The number of fused-ring (bicyclic) bond motifs is 1. The van der Waals surface area contributed by atoms with Gasteiger partial charge >= 0.3 is 0 Å². The molecule has 0 saturated carbocycles. The predicted molar refractivity (Wildman–Crippen MR) is 58.4 cm³/mol. The standard InChI is InChI=1S/C10H16N6/c1-12-9(6-11)2-3-15-4-5-16-8-13-14-10(16)7-15/h8-9,12H,2-5,7H2,1H3. The van der Waals surface area contributed by atoms with Crippen molar-refractivity contribution in [1.82, 2.24) is 25.0 Å². The third-order valence-electron chi connectivity index (χ3n) is 2.96. The molecule has 1 aromatic heterocycles. The van der Waals surface area contributed by atoms with Crippen LogP contribution in [0.4, 0.5) is 0 Å². The third-order valence-corrected chi connectivity index (χ3v) is 2.96. The molecule has 6 nitrogen and oxygen atoms in total. The van der Waals surface area contributed by atoms with Crippen molar-refractivity contribution in [3.8, 4) is 6.07 Å². The molecule has 86 valence electrons. The van der Waals surface area contributed by atoms with Gasteiger partial charge in [-0.15, -0.1) is 10.2 Å². The molecule has 1 unspecified atom stereocenters. The molecular formula is C10H16N6. The number of nitrogens with zero attached hydrogens (tertiary/aromatic N) is 5. The van der Waals surface area contributed by atoms with Crippen molar-refractivity contribution in [2.24, 2.45) is 0 Å². The van der Waals surface area contributed by atoms with Crippen LogP contribution < -0.4 is 5.32 Å². The Labute approximate surface area is 94.9 Å². The minimum absolute atomic E-state index is 0.0557. The minimum Gasteiger partial charge on any atom is -0.315 e. The Morgan fingerprint density at radius 1 is 1.62 bits per heavy atom. The van der Waals surface area contributed by atoms with E-state index < -0.39 is 0 Å². The largest absolute Gasteiger partial charge is 0.315 e. The molecule has 1 N–H and O–H groups in total. The lowest BCUT2D eigenvalue weighted by Gasteiger charge is -2.27. The summed E-state index contributed by atoms with van der Waals surface area (Å²) in [5.41, 5.74) is 0. The normalized spacial score (nSPS) is 17.8. The lowest BCUT2D eigenvalue weighted by Crippen LogP contribution is -2.37. The van der Waals surface area contributed by atoms with Crippen LogP contribution in [0.3, 0.4) is 0 Å². The van der Waals surface area contributed by atoms with E-state index in [-0.39, 0.29) is 6.04 Å². The van der Waals surface area contributed by atoms with Gasteiger partial charge in [0.1, 0.15) is 12.2 Å². The van der Waals surface area contributed by atoms with Gasteiger partial charge in [0, 0.05) is 19.6 Å². The van der Waals surface area contributed by atoms with Gasteiger partial charge in [-0.25, -0.2) is 0 Å². The van der Waals surface area contributed by atoms with Gasteiger partial charge in [0.15, 0.2) is 0 Å². The molecule has 16 heavy (non-hydrogen) atoms. The minimum atomic E-state index is -0.0557. The van der Waals surface area contributed by atoms with E-state index >= 15 is 0 Å². The Hall–Kier alpha value is -1.45. The summed E-state index contributed by atoms with van der Waals surface area (Å²) in [5.74, 6) is 1.02. The molecule has 0 bridgehead atoms. The van der Waals surface area contributed by atoms with Crippen molar-refractivity contribution < 1.29 is 0 Å². The second kappa shape index (κ2) is 5.05. The fourth-order valence-electron chi connectivity index (χ4n) is 1.89.